The van der Waals surface area contributed by atoms with Crippen LogP contribution in [0.2, 0.25) is 0 Å². The van der Waals surface area contributed by atoms with Crippen molar-refractivity contribution in [3.8, 4) is 0 Å². The van der Waals surface area contributed by atoms with Crippen LogP contribution in [0.25, 0.3) is 0 Å². The number of carboxylic acids is 1. The second kappa shape index (κ2) is 7.09. The minimum Gasteiger partial charge on any atom is -0.478 e. The Morgan fingerprint density at radius 2 is 1.87 bits per heavy atom. The maximum atomic E-state index is 12.3. The normalized spacial score (nSPS) is 10.6. The van der Waals surface area contributed by atoms with Crippen molar-refractivity contribution < 1.29 is 14.7 Å². The van der Waals surface area contributed by atoms with E-state index in [1.54, 1.807) is 24.3 Å². The molecule has 0 saturated carbocycles. The number of amides is 1. The first-order valence-electron chi connectivity index (χ1n) is 7.58. The van der Waals surface area contributed by atoms with Crippen LogP contribution in [0.5, 0.6) is 0 Å². The fourth-order valence-electron chi connectivity index (χ4n) is 2.56. The lowest BCUT2D eigenvalue weighted by atomic mass is 10.1. The van der Waals surface area contributed by atoms with E-state index in [1.807, 2.05) is 25.5 Å². The van der Waals surface area contributed by atoms with E-state index in [0.717, 1.165) is 23.5 Å². The molecule has 0 atom stereocenters. The molecular formula is C17H21N3O3. The van der Waals surface area contributed by atoms with E-state index in [2.05, 4.69) is 10.4 Å². The summed E-state index contributed by atoms with van der Waals surface area (Å²) in [5.41, 5.74) is 3.47. The maximum absolute atomic E-state index is 12.3. The first kappa shape index (κ1) is 16.7. The predicted molar refractivity (Wildman–Crippen MR) is 86.8 cm³/mol. The molecule has 1 aromatic heterocycles. The number of nitrogens with one attached hydrogen (secondary N) is 1. The molecule has 2 rings (SSSR count). The van der Waals surface area contributed by atoms with E-state index in [-0.39, 0.29) is 11.5 Å². The van der Waals surface area contributed by atoms with Crippen LogP contribution < -0.4 is 5.32 Å². The summed E-state index contributed by atoms with van der Waals surface area (Å²) in [5.74, 6) is -1.06. The Morgan fingerprint density at radius 3 is 2.39 bits per heavy atom. The number of carboxylic acid groups (broad SMARTS) is 1. The van der Waals surface area contributed by atoms with Gasteiger partial charge < -0.3 is 10.4 Å². The Hall–Kier alpha value is -2.63. The molecule has 2 aromatic rings. The largest absolute Gasteiger partial charge is 0.478 e. The summed E-state index contributed by atoms with van der Waals surface area (Å²) < 4.78 is 1.81. The zero-order valence-electron chi connectivity index (χ0n) is 13.6. The van der Waals surface area contributed by atoms with Gasteiger partial charge in [-0.05, 0) is 44.9 Å². The molecule has 0 unspecified atom stereocenters. The molecule has 0 aliphatic heterocycles. The quantitative estimate of drug-likeness (QED) is 0.856. The Morgan fingerprint density at radius 1 is 1.22 bits per heavy atom. The number of aromatic nitrogens is 2. The Labute approximate surface area is 135 Å². The molecule has 6 nitrogen and oxygen atoms in total. The number of nitrogens with zero attached hydrogens (tertiary/aromatic N) is 2. The number of rotatable bonds is 6. The maximum Gasteiger partial charge on any atom is 0.335 e. The third-order valence-corrected chi connectivity index (χ3v) is 3.81. The van der Waals surface area contributed by atoms with Gasteiger partial charge in [-0.1, -0.05) is 12.1 Å². The highest BCUT2D eigenvalue weighted by Crippen LogP contribution is 2.13. The number of carbonyl (C=O) groups excluding carboxylic acids is 1. The number of aryl methyl sites for hydroxylation is 2. The van der Waals surface area contributed by atoms with Crippen LogP contribution in [-0.4, -0.2) is 33.3 Å². The van der Waals surface area contributed by atoms with Crippen molar-refractivity contribution in [1.82, 2.24) is 15.1 Å². The zero-order valence-corrected chi connectivity index (χ0v) is 13.6. The summed E-state index contributed by atoms with van der Waals surface area (Å²) in [6.45, 7) is 6.93. The van der Waals surface area contributed by atoms with Crippen molar-refractivity contribution in [1.29, 1.82) is 0 Å². The van der Waals surface area contributed by atoms with Gasteiger partial charge >= 0.3 is 5.97 Å². The summed E-state index contributed by atoms with van der Waals surface area (Å²) in [5, 5.41) is 16.1. The molecule has 0 saturated heterocycles. The minimum absolute atomic E-state index is 0.123. The standard InChI is InChI=1S/C17H21N3O3/c1-4-20-12(3)15(11(2)19-20)16(21)18-10-9-13-5-7-14(8-6-13)17(22)23/h5-8H,4,9-10H2,1-3H3,(H,18,21)(H,22,23). The lowest BCUT2D eigenvalue weighted by Crippen LogP contribution is -2.26. The molecule has 2 N–H and O–H groups in total. The molecule has 122 valence electrons. The average molecular weight is 315 g/mol. The molecule has 0 fully saturated rings. The van der Waals surface area contributed by atoms with Crippen LogP contribution in [0.4, 0.5) is 0 Å². The summed E-state index contributed by atoms with van der Waals surface area (Å²) >= 11 is 0. The molecule has 6 heteroatoms. The van der Waals surface area contributed by atoms with E-state index < -0.39 is 5.97 Å². The van der Waals surface area contributed by atoms with E-state index >= 15 is 0 Å². The number of carbonyl (C=O) groups is 2. The van der Waals surface area contributed by atoms with Gasteiger partial charge in [0.25, 0.3) is 5.91 Å². The third kappa shape index (κ3) is 3.77. The molecule has 1 heterocycles. The lowest BCUT2D eigenvalue weighted by Gasteiger charge is -2.06. The van der Waals surface area contributed by atoms with Crippen molar-refractivity contribution in [3.63, 3.8) is 0 Å². The molecular weight excluding hydrogens is 294 g/mol. The van der Waals surface area contributed by atoms with E-state index in [0.29, 0.717) is 18.5 Å². The van der Waals surface area contributed by atoms with Crippen LogP contribution in [0.15, 0.2) is 24.3 Å². The van der Waals surface area contributed by atoms with Gasteiger partial charge in [0.15, 0.2) is 0 Å². The van der Waals surface area contributed by atoms with E-state index in [4.69, 9.17) is 5.11 Å². The van der Waals surface area contributed by atoms with Gasteiger partial charge in [-0.3, -0.25) is 9.48 Å². The molecule has 1 amide bonds. The van der Waals surface area contributed by atoms with E-state index in [9.17, 15) is 9.59 Å². The Bertz CT molecular complexity index is 717. The van der Waals surface area contributed by atoms with E-state index in [1.165, 1.54) is 0 Å². The Balaban J connectivity index is 1.95. The first-order chi connectivity index (χ1) is 10.9. The average Bonchev–Trinajstić information content (AvgIpc) is 2.81. The summed E-state index contributed by atoms with van der Waals surface area (Å²) in [6, 6.07) is 6.67. The van der Waals surface area contributed by atoms with Crippen LogP contribution in [0.3, 0.4) is 0 Å². The highest BCUT2D eigenvalue weighted by atomic mass is 16.4. The van der Waals surface area contributed by atoms with Crippen LogP contribution >= 0.6 is 0 Å². The number of benzene rings is 1. The summed E-state index contributed by atoms with van der Waals surface area (Å²) in [7, 11) is 0. The smallest absolute Gasteiger partial charge is 0.335 e. The summed E-state index contributed by atoms with van der Waals surface area (Å²) in [6.07, 6.45) is 0.644. The van der Waals surface area contributed by atoms with Crippen LogP contribution in [-0.2, 0) is 13.0 Å². The topological polar surface area (TPSA) is 84.2 Å². The van der Waals surface area contributed by atoms with Crippen LogP contribution in [0, 0.1) is 13.8 Å². The summed E-state index contributed by atoms with van der Waals surface area (Å²) in [4.78, 5) is 23.1. The van der Waals surface area contributed by atoms with Crippen molar-refractivity contribution in [2.45, 2.75) is 33.7 Å². The molecule has 1 aromatic carbocycles. The van der Waals surface area contributed by atoms with Gasteiger partial charge in [-0.15, -0.1) is 0 Å². The molecule has 0 spiro atoms. The molecule has 0 aliphatic rings. The van der Waals surface area contributed by atoms with Gasteiger partial charge in [0.1, 0.15) is 0 Å². The van der Waals surface area contributed by atoms with Gasteiger partial charge in [-0.25, -0.2) is 4.79 Å². The van der Waals surface area contributed by atoms with Gasteiger partial charge in [-0.2, -0.15) is 5.10 Å². The minimum atomic E-state index is -0.941. The Kier molecular flexibility index (Phi) is 5.16. The monoisotopic (exact) mass is 315 g/mol. The number of aromatic carboxylic acids is 1. The molecule has 0 radical (unpaired) electrons. The third-order valence-electron chi connectivity index (χ3n) is 3.81. The second-order valence-electron chi connectivity index (χ2n) is 5.37. The molecule has 0 aliphatic carbocycles. The van der Waals surface area contributed by atoms with Gasteiger partial charge in [0.2, 0.25) is 0 Å². The molecule has 23 heavy (non-hydrogen) atoms. The van der Waals surface area contributed by atoms with Gasteiger partial charge in [0.05, 0.1) is 16.8 Å². The SMILES string of the molecule is CCn1nc(C)c(C(=O)NCCc2ccc(C(=O)O)cc2)c1C. The second-order valence-corrected chi connectivity index (χ2v) is 5.37. The zero-order chi connectivity index (χ0) is 17.0. The van der Waals surface area contributed by atoms with Crippen LogP contribution in [0.1, 0.15) is 44.6 Å². The molecule has 0 bridgehead atoms. The fourth-order valence-corrected chi connectivity index (χ4v) is 2.56. The number of hydrogen-bond acceptors (Lipinski definition) is 3. The van der Waals surface area contributed by atoms with Crippen molar-refractivity contribution in [3.05, 3.63) is 52.3 Å². The van der Waals surface area contributed by atoms with Gasteiger partial charge in [0, 0.05) is 18.8 Å². The predicted octanol–water partition coefficient (Wildman–Crippen LogP) is 2.19. The van der Waals surface area contributed by atoms with Crippen molar-refractivity contribution in [2.75, 3.05) is 6.54 Å². The first-order valence-corrected chi connectivity index (χ1v) is 7.58. The van der Waals surface area contributed by atoms with Crippen molar-refractivity contribution in [2.24, 2.45) is 0 Å². The van der Waals surface area contributed by atoms with Crippen molar-refractivity contribution >= 4 is 11.9 Å². The highest BCUT2D eigenvalue weighted by molar-refractivity contribution is 5.96. The number of hydrogen-bond donors (Lipinski definition) is 2. The fraction of sp³-hybridized carbons (Fsp3) is 0.353. The highest BCUT2D eigenvalue weighted by Gasteiger charge is 2.17. The lowest BCUT2D eigenvalue weighted by molar-refractivity contribution is 0.0696.